The lowest BCUT2D eigenvalue weighted by molar-refractivity contribution is -0.124. The highest BCUT2D eigenvalue weighted by Crippen LogP contribution is 2.17. The lowest BCUT2D eigenvalue weighted by Crippen LogP contribution is -2.35. The highest BCUT2D eigenvalue weighted by Gasteiger charge is 2.16. The van der Waals surface area contributed by atoms with E-state index in [2.05, 4.69) is 15.5 Å². The quantitative estimate of drug-likeness (QED) is 0.720. The van der Waals surface area contributed by atoms with Gasteiger partial charge in [-0.15, -0.1) is 0 Å². The van der Waals surface area contributed by atoms with E-state index in [0.29, 0.717) is 12.3 Å². The third-order valence-electron chi connectivity index (χ3n) is 3.80. The number of amides is 1. The number of nitrogens with one attached hydrogen (secondary N) is 1. The highest BCUT2D eigenvalue weighted by molar-refractivity contribution is 5.78. The second-order valence-electron chi connectivity index (χ2n) is 5.67. The lowest BCUT2D eigenvalue weighted by atomic mass is 10.1. The van der Waals surface area contributed by atoms with Crippen molar-refractivity contribution in [2.75, 3.05) is 6.61 Å². The average molecular weight is 336 g/mol. The van der Waals surface area contributed by atoms with Crippen LogP contribution in [0.2, 0.25) is 0 Å². The number of rotatable bonds is 7. The molecule has 0 aliphatic rings. The van der Waals surface area contributed by atoms with Crippen LogP contribution in [0, 0.1) is 6.92 Å². The fourth-order valence-corrected chi connectivity index (χ4v) is 2.52. The molecule has 25 heavy (non-hydrogen) atoms. The minimum atomic E-state index is -0.235. The Kier molecular flexibility index (Phi) is 5.41. The first-order chi connectivity index (χ1) is 12.2. The van der Waals surface area contributed by atoms with E-state index in [-0.39, 0.29) is 18.6 Å². The number of ether oxygens (including phenoxy) is 1. The number of carbonyl (C=O) groups excluding carboxylic acids is 1. The van der Waals surface area contributed by atoms with E-state index in [1.165, 1.54) is 0 Å². The zero-order chi connectivity index (χ0) is 17.5. The smallest absolute Gasteiger partial charge is 0.258 e. The van der Waals surface area contributed by atoms with E-state index in [1.54, 1.807) is 17.2 Å². The molecule has 0 saturated heterocycles. The first-order valence-corrected chi connectivity index (χ1v) is 8.09. The van der Waals surface area contributed by atoms with Crippen molar-refractivity contribution >= 4 is 5.91 Å². The zero-order valence-corrected chi connectivity index (χ0v) is 14.0. The minimum Gasteiger partial charge on any atom is -0.484 e. The number of carbonyl (C=O) groups is 1. The molecular weight excluding hydrogens is 316 g/mol. The maximum Gasteiger partial charge on any atom is 0.258 e. The molecule has 0 saturated carbocycles. The molecule has 6 nitrogen and oxygen atoms in total. The maximum absolute atomic E-state index is 12.4. The molecule has 128 valence electrons. The second kappa shape index (κ2) is 8.10. The molecule has 1 heterocycles. The monoisotopic (exact) mass is 336 g/mol. The fraction of sp³-hybridized carbons (Fsp3) is 0.211. The Morgan fingerprint density at radius 2 is 1.76 bits per heavy atom. The van der Waals surface area contributed by atoms with Crippen molar-refractivity contribution in [2.24, 2.45) is 0 Å². The van der Waals surface area contributed by atoms with Gasteiger partial charge in [-0.25, -0.2) is 0 Å². The molecule has 0 spiro atoms. The van der Waals surface area contributed by atoms with Crippen molar-refractivity contribution in [3.63, 3.8) is 0 Å². The lowest BCUT2D eigenvalue weighted by Gasteiger charge is -2.19. The molecule has 6 heteroatoms. The summed E-state index contributed by atoms with van der Waals surface area (Å²) >= 11 is 0. The molecule has 0 bridgehead atoms. The summed E-state index contributed by atoms with van der Waals surface area (Å²) in [6.45, 7) is 2.36. The van der Waals surface area contributed by atoms with Gasteiger partial charge in [-0.05, 0) is 24.1 Å². The van der Waals surface area contributed by atoms with E-state index in [1.807, 2.05) is 61.5 Å². The molecule has 1 unspecified atom stereocenters. The molecule has 1 aromatic heterocycles. The summed E-state index contributed by atoms with van der Waals surface area (Å²) in [6, 6.07) is 17.1. The van der Waals surface area contributed by atoms with Gasteiger partial charge in [-0.1, -0.05) is 48.5 Å². The van der Waals surface area contributed by atoms with Gasteiger partial charge in [0.1, 0.15) is 5.75 Å². The van der Waals surface area contributed by atoms with Crippen molar-refractivity contribution in [3.8, 4) is 5.75 Å². The molecular formula is C19H20N4O2. The molecule has 0 fully saturated rings. The van der Waals surface area contributed by atoms with E-state index in [0.717, 1.165) is 11.1 Å². The Morgan fingerprint density at radius 1 is 1.08 bits per heavy atom. The van der Waals surface area contributed by atoms with Crippen molar-refractivity contribution in [2.45, 2.75) is 19.5 Å². The summed E-state index contributed by atoms with van der Waals surface area (Å²) < 4.78 is 5.62. The van der Waals surface area contributed by atoms with Gasteiger partial charge < -0.3 is 10.1 Å². The number of nitrogens with zero attached hydrogens (tertiary/aromatic N) is 3. The largest absolute Gasteiger partial charge is 0.484 e. The number of hydrogen-bond acceptors (Lipinski definition) is 4. The summed E-state index contributed by atoms with van der Waals surface area (Å²) in [5.41, 5.74) is 1.99. The standard InChI is InChI=1S/C19H20N4O2/c1-15-7-5-6-10-18(15)25-14-19(24)22-17(13-23-20-11-12-21-23)16-8-3-2-4-9-16/h2-12,17H,13-14H2,1H3,(H,22,24). The van der Waals surface area contributed by atoms with E-state index in [4.69, 9.17) is 4.74 Å². The summed E-state index contributed by atoms with van der Waals surface area (Å²) in [4.78, 5) is 13.9. The van der Waals surface area contributed by atoms with Crippen molar-refractivity contribution in [1.29, 1.82) is 0 Å². The Balaban J connectivity index is 1.65. The number of hydrogen-bond donors (Lipinski definition) is 1. The van der Waals surface area contributed by atoms with Crippen molar-refractivity contribution in [3.05, 3.63) is 78.1 Å². The summed E-state index contributed by atoms with van der Waals surface area (Å²) in [7, 11) is 0. The summed E-state index contributed by atoms with van der Waals surface area (Å²) in [5.74, 6) is 0.520. The van der Waals surface area contributed by atoms with Crippen LogP contribution < -0.4 is 10.1 Å². The van der Waals surface area contributed by atoms with E-state index >= 15 is 0 Å². The average Bonchev–Trinajstić information content (AvgIpc) is 3.14. The normalized spacial score (nSPS) is 11.7. The number of benzene rings is 2. The molecule has 3 rings (SSSR count). The second-order valence-corrected chi connectivity index (χ2v) is 5.67. The third-order valence-corrected chi connectivity index (χ3v) is 3.80. The number of para-hydroxylation sites is 1. The van der Waals surface area contributed by atoms with Crippen LogP contribution in [0.15, 0.2) is 67.0 Å². The van der Waals surface area contributed by atoms with Crippen LogP contribution in [-0.2, 0) is 11.3 Å². The molecule has 3 aromatic rings. The number of aromatic nitrogens is 3. The van der Waals surface area contributed by atoms with Crippen LogP contribution in [0.5, 0.6) is 5.75 Å². The van der Waals surface area contributed by atoms with Gasteiger partial charge >= 0.3 is 0 Å². The Morgan fingerprint density at radius 3 is 2.48 bits per heavy atom. The van der Waals surface area contributed by atoms with Gasteiger partial charge in [0.15, 0.2) is 6.61 Å². The maximum atomic E-state index is 12.4. The van der Waals surface area contributed by atoms with E-state index in [9.17, 15) is 4.79 Å². The van der Waals surface area contributed by atoms with E-state index < -0.39 is 0 Å². The van der Waals surface area contributed by atoms with Crippen LogP contribution in [0.4, 0.5) is 0 Å². The molecule has 1 amide bonds. The van der Waals surface area contributed by atoms with Gasteiger partial charge in [0, 0.05) is 0 Å². The van der Waals surface area contributed by atoms with Crippen LogP contribution in [0.3, 0.4) is 0 Å². The van der Waals surface area contributed by atoms with Gasteiger partial charge in [-0.2, -0.15) is 15.0 Å². The highest BCUT2D eigenvalue weighted by atomic mass is 16.5. The van der Waals surface area contributed by atoms with Gasteiger partial charge in [0.25, 0.3) is 5.91 Å². The molecule has 0 aliphatic heterocycles. The molecule has 0 aliphatic carbocycles. The topological polar surface area (TPSA) is 69.0 Å². The third kappa shape index (κ3) is 4.67. The molecule has 0 radical (unpaired) electrons. The predicted molar refractivity (Wildman–Crippen MR) is 94.0 cm³/mol. The Labute approximate surface area is 146 Å². The number of aryl methyl sites for hydroxylation is 1. The minimum absolute atomic E-state index is 0.0409. The summed E-state index contributed by atoms with van der Waals surface area (Å²) in [5, 5.41) is 11.2. The first kappa shape index (κ1) is 16.7. The fourth-order valence-electron chi connectivity index (χ4n) is 2.52. The first-order valence-electron chi connectivity index (χ1n) is 8.09. The van der Waals surface area contributed by atoms with Gasteiger partial charge in [0.2, 0.25) is 0 Å². The van der Waals surface area contributed by atoms with Crippen LogP contribution in [-0.4, -0.2) is 27.5 Å². The van der Waals surface area contributed by atoms with Crippen LogP contribution in [0.25, 0.3) is 0 Å². The van der Waals surface area contributed by atoms with Crippen LogP contribution in [0.1, 0.15) is 17.2 Å². The van der Waals surface area contributed by atoms with Crippen LogP contribution >= 0.6 is 0 Å². The van der Waals surface area contributed by atoms with Crippen molar-refractivity contribution in [1.82, 2.24) is 20.3 Å². The van der Waals surface area contributed by atoms with Crippen molar-refractivity contribution < 1.29 is 9.53 Å². The molecule has 1 atom stereocenters. The molecule has 1 N–H and O–H groups in total. The summed E-state index contributed by atoms with van der Waals surface area (Å²) in [6.07, 6.45) is 3.23. The molecule has 2 aromatic carbocycles. The van der Waals surface area contributed by atoms with Gasteiger partial charge in [0.05, 0.1) is 25.0 Å². The Bertz CT molecular complexity index is 803. The van der Waals surface area contributed by atoms with Gasteiger partial charge in [-0.3, -0.25) is 4.79 Å². The SMILES string of the molecule is Cc1ccccc1OCC(=O)NC(Cn1nccn1)c1ccccc1. The Hall–Kier alpha value is -3.15. The zero-order valence-electron chi connectivity index (χ0n) is 14.0. The predicted octanol–water partition coefficient (Wildman–Crippen LogP) is 2.52.